The topological polar surface area (TPSA) is 42.0 Å². The molecule has 0 radical (unpaired) electrons. The molecule has 1 unspecified atom stereocenters. The van der Waals surface area contributed by atoms with Gasteiger partial charge in [0.1, 0.15) is 6.04 Å². The predicted octanol–water partition coefficient (Wildman–Crippen LogP) is 4.07. The molecule has 20 heavy (non-hydrogen) atoms. The highest BCUT2D eigenvalue weighted by Gasteiger charge is 2.21. The third-order valence-electron chi connectivity index (χ3n) is 3.36. The molecule has 1 N–H and O–H groups in total. The SMILES string of the molecule is CC(=O)C1Nc2cc(Br)ccc2C=Cc2ccncc21. The van der Waals surface area contributed by atoms with Gasteiger partial charge in [-0.15, -0.1) is 0 Å². The van der Waals surface area contributed by atoms with E-state index in [2.05, 4.69) is 26.2 Å². The minimum atomic E-state index is -0.378. The standard InChI is InChI=1S/C16H13BrN2O/c1-10(20)16-14-9-18-7-6-11(14)2-3-12-4-5-13(17)8-15(12)19-16/h2-9,16,19H,1H3. The van der Waals surface area contributed by atoms with E-state index in [1.165, 1.54) is 0 Å². The first kappa shape index (κ1) is 13.1. The number of pyridine rings is 1. The van der Waals surface area contributed by atoms with Crippen molar-refractivity contribution in [2.75, 3.05) is 5.32 Å². The Balaban J connectivity index is 2.19. The monoisotopic (exact) mass is 328 g/mol. The van der Waals surface area contributed by atoms with Crippen molar-refractivity contribution in [2.45, 2.75) is 13.0 Å². The molecule has 3 rings (SSSR count). The van der Waals surface area contributed by atoms with Crippen molar-refractivity contribution < 1.29 is 4.79 Å². The Bertz CT molecular complexity index is 709. The summed E-state index contributed by atoms with van der Waals surface area (Å²) in [6.07, 6.45) is 7.57. The zero-order chi connectivity index (χ0) is 14.1. The van der Waals surface area contributed by atoms with Crippen molar-refractivity contribution in [1.29, 1.82) is 0 Å². The van der Waals surface area contributed by atoms with Gasteiger partial charge in [0, 0.05) is 28.1 Å². The summed E-state index contributed by atoms with van der Waals surface area (Å²) in [6.45, 7) is 1.59. The number of rotatable bonds is 1. The maximum absolute atomic E-state index is 12.0. The molecular formula is C16H13BrN2O. The lowest BCUT2D eigenvalue weighted by Gasteiger charge is -2.22. The molecule has 0 aliphatic carbocycles. The summed E-state index contributed by atoms with van der Waals surface area (Å²) >= 11 is 3.46. The number of hydrogen-bond acceptors (Lipinski definition) is 3. The van der Waals surface area contributed by atoms with Crippen LogP contribution in [0.25, 0.3) is 12.2 Å². The molecule has 0 saturated carbocycles. The first-order valence-electron chi connectivity index (χ1n) is 6.33. The number of anilines is 1. The zero-order valence-electron chi connectivity index (χ0n) is 10.9. The van der Waals surface area contributed by atoms with Crippen molar-refractivity contribution in [1.82, 2.24) is 4.98 Å². The van der Waals surface area contributed by atoms with Gasteiger partial charge in [-0.3, -0.25) is 9.78 Å². The van der Waals surface area contributed by atoms with Crippen LogP contribution in [0.5, 0.6) is 0 Å². The van der Waals surface area contributed by atoms with Crippen LogP contribution >= 0.6 is 15.9 Å². The van der Waals surface area contributed by atoms with Gasteiger partial charge in [0.15, 0.2) is 5.78 Å². The molecule has 0 saturated heterocycles. The first-order chi connectivity index (χ1) is 9.65. The molecule has 0 fully saturated rings. The lowest BCUT2D eigenvalue weighted by Crippen LogP contribution is -2.21. The number of aromatic nitrogens is 1. The van der Waals surface area contributed by atoms with Crippen LogP contribution in [-0.2, 0) is 4.79 Å². The van der Waals surface area contributed by atoms with Crippen molar-refractivity contribution in [3.05, 3.63) is 57.8 Å². The maximum atomic E-state index is 12.0. The summed E-state index contributed by atoms with van der Waals surface area (Å²) in [4.78, 5) is 16.1. The summed E-state index contributed by atoms with van der Waals surface area (Å²) in [5.74, 6) is 0.0699. The number of Topliss-reactive ketones (excluding diaryl/α,β-unsaturated/α-hetero) is 1. The highest BCUT2D eigenvalue weighted by molar-refractivity contribution is 9.10. The fourth-order valence-electron chi connectivity index (χ4n) is 2.34. The van der Waals surface area contributed by atoms with E-state index >= 15 is 0 Å². The smallest absolute Gasteiger partial charge is 0.156 e. The fourth-order valence-corrected chi connectivity index (χ4v) is 2.70. The fraction of sp³-hybridized carbons (Fsp3) is 0.125. The van der Waals surface area contributed by atoms with Gasteiger partial charge in [-0.1, -0.05) is 34.1 Å². The van der Waals surface area contributed by atoms with Gasteiger partial charge in [-0.2, -0.15) is 0 Å². The van der Waals surface area contributed by atoms with Crippen molar-refractivity contribution in [3.8, 4) is 0 Å². The first-order valence-corrected chi connectivity index (χ1v) is 7.13. The molecule has 2 heterocycles. The van der Waals surface area contributed by atoms with Crippen LogP contribution in [0.15, 0.2) is 41.1 Å². The third-order valence-corrected chi connectivity index (χ3v) is 3.86. The van der Waals surface area contributed by atoms with Crippen LogP contribution in [0, 0.1) is 0 Å². The van der Waals surface area contributed by atoms with Gasteiger partial charge >= 0.3 is 0 Å². The van der Waals surface area contributed by atoms with Crippen LogP contribution in [0.2, 0.25) is 0 Å². The molecule has 0 spiro atoms. The van der Waals surface area contributed by atoms with Gasteiger partial charge in [0.25, 0.3) is 0 Å². The van der Waals surface area contributed by atoms with Crippen molar-refractivity contribution >= 4 is 39.6 Å². The number of hydrogen-bond donors (Lipinski definition) is 1. The largest absolute Gasteiger partial charge is 0.371 e. The summed E-state index contributed by atoms with van der Waals surface area (Å²) in [7, 11) is 0. The van der Waals surface area contributed by atoms with E-state index in [1.807, 2.05) is 36.4 Å². The minimum Gasteiger partial charge on any atom is -0.371 e. The minimum absolute atomic E-state index is 0.0699. The molecule has 1 aliphatic heterocycles. The van der Waals surface area contributed by atoms with E-state index in [-0.39, 0.29) is 11.8 Å². The molecule has 1 aliphatic rings. The molecule has 0 amide bonds. The zero-order valence-corrected chi connectivity index (χ0v) is 12.5. The number of fused-ring (bicyclic) bond motifs is 2. The van der Waals surface area contributed by atoms with Gasteiger partial charge in [0.2, 0.25) is 0 Å². The number of nitrogens with zero attached hydrogens (tertiary/aromatic N) is 1. The molecule has 4 heteroatoms. The highest BCUT2D eigenvalue weighted by Crippen LogP contribution is 2.31. The van der Waals surface area contributed by atoms with Gasteiger partial charge in [-0.05, 0) is 36.2 Å². The molecule has 0 bridgehead atoms. The second-order valence-corrected chi connectivity index (χ2v) is 5.67. The average Bonchev–Trinajstić information content (AvgIpc) is 2.41. The summed E-state index contributed by atoms with van der Waals surface area (Å²) in [5, 5.41) is 3.33. The molecule has 3 nitrogen and oxygen atoms in total. The van der Waals surface area contributed by atoms with Crippen LogP contribution < -0.4 is 5.32 Å². The van der Waals surface area contributed by atoms with E-state index in [0.29, 0.717) is 0 Å². The second-order valence-electron chi connectivity index (χ2n) is 4.76. The molecule has 1 atom stereocenters. The van der Waals surface area contributed by atoms with E-state index in [4.69, 9.17) is 0 Å². The summed E-state index contributed by atoms with van der Waals surface area (Å²) in [6, 6.07) is 7.54. The number of benzene rings is 1. The number of nitrogens with one attached hydrogen (secondary N) is 1. The molecular weight excluding hydrogens is 316 g/mol. The normalized spacial score (nSPS) is 16.4. The molecule has 2 aromatic rings. The van der Waals surface area contributed by atoms with E-state index in [9.17, 15) is 4.79 Å². The third kappa shape index (κ3) is 2.39. The number of halogens is 1. The lowest BCUT2D eigenvalue weighted by molar-refractivity contribution is -0.117. The van der Waals surface area contributed by atoms with Gasteiger partial charge in [0.05, 0.1) is 0 Å². The van der Waals surface area contributed by atoms with E-state index < -0.39 is 0 Å². The number of carbonyl (C=O) groups is 1. The Morgan fingerprint density at radius 3 is 2.85 bits per heavy atom. The average molecular weight is 329 g/mol. The molecule has 100 valence electrons. The summed E-state index contributed by atoms with van der Waals surface area (Å²) < 4.78 is 0.978. The Labute approximate surface area is 125 Å². The quantitative estimate of drug-likeness (QED) is 0.857. The van der Waals surface area contributed by atoms with Crippen LogP contribution in [0.3, 0.4) is 0 Å². The summed E-state index contributed by atoms with van der Waals surface area (Å²) in [5.41, 5.74) is 3.91. The van der Waals surface area contributed by atoms with Gasteiger partial charge in [-0.25, -0.2) is 0 Å². The highest BCUT2D eigenvalue weighted by atomic mass is 79.9. The van der Waals surface area contributed by atoms with Crippen LogP contribution in [0.4, 0.5) is 5.69 Å². The Hall–Kier alpha value is -1.94. The number of carbonyl (C=O) groups excluding carboxylic acids is 1. The molecule has 1 aromatic carbocycles. The number of ketones is 1. The lowest BCUT2D eigenvalue weighted by atomic mass is 9.96. The van der Waals surface area contributed by atoms with Crippen molar-refractivity contribution in [2.24, 2.45) is 0 Å². The predicted molar refractivity (Wildman–Crippen MR) is 84.4 cm³/mol. The Morgan fingerprint density at radius 1 is 1.25 bits per heavy atom. The van der Waals surface area contributed by atoms with Crippen molar-refractivity contribution in [3.63, 3.8) is 0 Å². The maximum Gasteiger partial charge on any atom is 0.156 e. The van der Waals surface area contributed by atoms with Crippen LogP contribution in [-0.4, -0.2) is 10.8 Å². The Kier molecular flexibility index (Phi) is 3.40. The Morgan fingerprint density at radius 2 is 2.05 bits per heavy atom. The molecule has 1 aromatic heterocycles. The van der Waals surface area contributed by atoms with Crippen LogP contribution in [0.1, 0.15) is 29.7 Å². The van der Waals surface area contributed by atoms with E-state index in [0.717, 1.165) is 26.9 Å². The van der Waals surface area contributed by atoms with Gasteiger partial charge < -0.3 is 5.32 Å². The second kappa shape index (κ2) is 5.21. The van der Waals surface area contributed by atoms with E-state index in [1.54, 1.807) is 19.3 Å².